The van der Waals surface area contributed by atoms with Crippen LogP contribution < -0.4 is 5.32 Å². The molecule has 0 saturated heterocycles. The molecule has 0 rings (SSSR count). The summed E-state index contributed by atoms with van der Waals surface area (Å²) in [7, 11) is 0. The van der Waals surface area contributed by atoms with Gasteiger partial charge in [-0.05, 0) is 20.3 Å². The number of nitrogens with one attached hydrogen (secondary N) is 1. The number of hydrogen-bond acceptors (Lipinski definition) is 4. The standard InChI is InChI=1S/C10H17NO4/c1-4-6-8(10(14)15-5-2)11-7(3)9(12)13/h4,7-8,11H,1,5-6H2,2-3H3,(H,12,13)/t7-,8-/m0/s1. The molecule has 5 heteroatoms. The zero-order valence-corrected chi connectivity index (χ0v) is 9.03. The van der Waals surface area contributed by atoms with Crippen molar-refractivity contribution in [2.24, 2.45) is 0 Å². The Morgan fingerprint density at radius 1 is 1.60 bits per heavy atom. The normalized spacial score (nSPS) is 14.0. The Bertz CT molecular complexity index is 240. The van der Waals surface area contributed by atoms with Gasteiger partial charge in [-0.1, -0.05) is 6.08 Å². The molecule has 0 aromatic heterocycles. The number of ether oxygens (including phenoxy) is 1. The summed E-state index contributed by atoms with van der Waals surface area (Å²) < 4.78 is 4.80. The minimum Gasteiger partial charge on any atom is -0.480 e. The molecule has 0 aliphatic rings. The first-order valence-electron chi connectivity index (χ1n) is 4.79. The van der Waals surface area contributed by atoms with E-state index in [-0.39, 0.29) is 6.61 Å². The molecule has 86 valence electrons. The molecular formula is C10H17NO4. The highest BCUT2D eigenvalue weighted by Crippen LogP contribution is 1.99. The van der Waals surface area contributed by atoms with Gasteiger partial charge in [-0.15, -0.1) is 6.58 Å². The lowest BCUT2D eigenvalue weighted by Gasteiger charge is -2.18. The second-order valence-electron chi connectivity index (χ2n) is 3.06. The van der Waals surface area contributed by atoms with Crippen molar-refractivity contribution >= 4 is 11.9 Å². The van der Waals surface area contributed by atoms with Crippen molar-refractivity contribution < 1.29 is 19.4 Å². The summed E-state index contributed by atoms with van der Waals surface area (Å²) in [6.07, 6.45) is 1.89. The summed E-state index contributed by atoms with van der Waals surface area (Å²) in [5, 5.41) is 11.3. The smallest absolute Gasteiger partial charge is 0.323 e. The van der Waals surface area contributed by atoms with E-state index < -0.39 is 24.0 Å². The van der Waals surface area contributed by atoms with Gasteiger partial charge in [0.15, 0.2) is 0 Å². The SMILES string of the molecule is C=CC[C@H](N[C@@H](C)C(=O)O)C(=O)OCC. The van der Waals surface area contributed by atoms with Gasteiger partial charge in [0, 0.05) is 0 Å². The maximum absolute atomic E-state index is 11.4. The Labute approximate surface area is 89.1 Å². The van der Waals surface area contributed by atoms with E-state index in [1.807, 2.05) is 0 Å². The van der Waals surface area contributed by atoms with Gasteiger partial charge in [0.05, 0.1) is 6.61 Å². The van der Waals surface area contributed by atoms with E-state index in [2.05, 4.69) is 11.9 Å². The molecule has 0 aliphatic heterocycles. The van der Waals surface area contributed by atoms with E-state index in [0.29, 0.717) is 6.42 Å². The number of rotatable bonds is 7. The lowest BCUT2D eigenvalue weighted by atomic mass is 10.2. The van der Waals surface area contributed by atoms with Gasteiger partial charge >= 0.3 is 11.9 Å². The monoisotopic (exact) mass is 215 g/mol. The summed E-state index contributed by atoms with van der Waals surface area (Å²) in [5.41, 5.74) is 0. The fraction of sp³-hybridized carbons (Fsp3) is 0.600. The van der Waals surface area contributed by atoms with Crippen molar-refractivity contribution in [3.8, 4) is 0 Å². The van der Waals surface area contributed by atoms with Crippen LogP contribution in [0.25, 0.3) is 0 Å². The fourth-order valence-electron chi connectivity index (χ4n) is 1.01. The van der Waals surface area contributed by atoms with Crippen molar-refractivity contribution in [1.82, 2.24) is 5.32 Å². The fourth-order valence-corrected chi connectivity index (χ4v) is 1.01. The van der Waals surface area contributed by atoms with Crippen molar-refractivity contribution in [3.05, 3.63) is 12.7 Å². The highest BCUT2D eigenvalue weighted by atomic mass is 16.5. The topological polar surface area (TPSA) is 75.6 Å². The van der Waals surface area contributed by atoms with Gasteiger partial charge in [-0.2, -0.15) is 0 Å². The lowest BCUT2D eigenvalue weighted by Crippen LogP contribution is -2.46. The van der Waals surface area contributed by atoms with Gasteiger partial charge in [0.25, 0.3) is 0 Å². The Hall–Kier alpha value is -1.36. The third-order valence-electron chi connectivity index (χ3n) is 1.80. The molecule has 15 heavy (non-hydrogen) atoms. The maximum Gasteiger partial charge on any atom is 0.323 e. The van der Waals surface area contributed by atoms with Gasteiger partial charge < -0.3 is 9.84 Å². The van der Waals surface area contributed by atoms with Crippen LogP contribution in [0.15, 0.2) is 12.7 Å². The molecule has 0 radical (unpaired) electrons. The Morgan fingerprint density at radius 3 is 2.60 bits per heavy atom. The predicted octanol–water partition coefficient (Wildman–Crippen LogP) is 0.557. The largest absolute Gasteiger partial charge is 0.480 e. The summed E-state index contributed by atoms with van der Waals surface area (Å²) in [4.78, 5) is 21.9. The molecule has 0 bridgehead atoms. The molecule has 0 aromatic carbocycles. The highest BCUT2D eigenvalue weighted by Gasteiger charge is 2.22. The first kappa shape index (κ1) is 13.6. The van der Waals surface area contributed by atoms with Crippen LogP contribution in [0.1, 0.15) is 20.3 Å². The van der Waals surface area contributed by atoms with E-state index in [1.165, 1.54) is 6.92 Å². The van der Waals surface area contributed by atoms with Crippen molar-refractivity contribution in [3.63, 3.8) is 0 Å². The minimum atomic E-state index is -1.01. The molecule has 5 nitrogen and oxygen atoms in total. The van der Waals surface area contributed by atoms with E-state index in [9.17, 15) is 9.59 Å². The van der Waals surface area contributed by atoms with E-state index in [4.69, 9.17) is 9.84 Å². The summed E-state index contributed by atoms with van der Waals surface area (Å²) in [6.45, 7) is 6.94. The number of aliphatic carboxylic acids is 1. The molecule has 0 amide bonds. The van der Waals surface area contributed by atoms with E-state index >= 15 is 0 Å². The van der Waals surface area contributed by atoms with Crippen LogP contribution in [-0.2, 0) is 14.3 Å². The Balaban J connectivity index is 4.32. The number of carbonyl (C=O) groups is 2. The van der Waals surface area contributed by atoms with E-state index in [1.54, 1.807) is 13.0 Å². The molecule has 0 aliphatic carbocycles. The Morgan fingerprint density at radius 2 is 2.20 bits per heavy atom. The third kappa shape index (κ3) is 5.17. The zero-order valence-electron chi connectivity index (χ0n) is 9.03. The molecule has 0 saturated carbocycles. The first-order valence-corrected chi connectivity index (χ1v) is 4.79. The molecule has 2 atom stereocenters. The van der Waals surface area contributed by atoms with Gasteiger partial charge in [-0.25, -0.2) is 0 Å². The number of carboxylic acid groups (broad SMARTS) is 1. The van der Waals surface area contributed by atoms with Crippen LogP contribution in [0, 0.1) is 0 Å². The minimum absolute atomic E-state index is 0.273. The molecule has 0 heterocycles. The van der Waals surface area contributed by atoms with Gasteiger partial charge in [0.1, 0.15) is 12.1 Å². The first-order chi connectivity index (χ1) is 7.02. The molecule has 2 N–H and O–H groups in total. The summed E-state index contributed by atoms with van der Waals surface area (Å²) in [6, 6.07) is -1.44. The Kier molecular flexibility index (Phi) is 6.37. The molecule has 0 fully saturated rings. The number of carboxylic acids is 1. The van der Waals surface area contributed by atoms with Crippen molar-refractivity contribution in [2.75, 3.05) is 6.61 Å². The maximum atomic E-state index is 11.4. The van der Waals surface area contributed by atoms with Crippen LogP contribution in [-0.4, -0.2) is 35.7 Å². The number of carbonyl (C=O) groups excluding carboxylic acids is 1. The van der Waals surface area contributed by atoms with Crippen LogP contribution >= 0.6 is 0 Å². The van der Waals surface area contributed by atoms with Crippen LogP contribution in [0.4, 0.5) is 0 Å². The van der Waals surface area contributed by atoms with Crippen LogP contribution in [0.3, 0.4) is 0 Å². The lowest BCUT2D eigenvalue weighted by molar-refractivity contribution is -0.146. The van der Waals surface area contributed by atoms with Gasteiger partial charge in [0.2, 0.25) is 0 Å². The van der Waals surface area contributed by atoms with Crippen LogP contribution in [0.2, 0.25) is 0 Å². The number of hydrogen-bond donors (Lipinski definition) is 2. The second kappa shape index (κ2) is 7.00. The molecule has 0 aromatic rings. The molecule has 0 unspecified atom stereocenters. The summed E-state index contributed by atoms with van der Waals surface area (Å²) >= 11 is 0. The average Bonchev–Trinajstić information content (AvgIpc) is 2.17. The van der Waals surface area contributed by atoms with Crippen molar-refractivity contribution in [2.45, 2.75) is 32.4 Å². The molecule has 0 spiro atoms. The quantitative estimate of drug-likeness (QED) is 0.479. The summed E-state index contributed by atoms with van der Waals surface area (Å²) in [5.74, 6) is -1.46. The molecular weight excluding hydrogens is 198 g/mol. The number of esters is 1. The highest BCUT2D eigenvalue weighted by molar-refractivity contribution is 5.78. The average molecular weight is 215 g/mol. The van der Waals surface area contributed by atoms with Crippen molar-refractivity contribution in [1.29, 1.82) is 0 Å². The van der Waals surface area contributed by atoms with E-state index in [0.717, 1.165) is 0 Å². The zero-order chi connectivity index (χ0) is 11.8. The third-order valence-corrected chi connectivity index (χ3v) is 1.80. The second-order valence-corrected chi connectivity index (χ2v) is 3.06. The van der Waals surface area contributed by atoms with Crippen LogP contribution in [0.5, 0.6) is 0 Å². The van der Waals surface area contributed by atoms with Gasteiger partial charge in [-0.3, -0.25) is 14.9 Å². The predicted molar refractivity (Wildman–Crippen MR) is 55.5 cm³/mol.